The molecular weight excluding hydrogens is 835 g/mol. The smallest absolute Gasteiger partial charge is 0.136 e. The molecular formula is C67H45NO. The number of hydrogen-bond acceptors (Lipinski definition) is 2. The lowest BCUT2D eigenvalue weighted by Gasteiger charge is -2.34. The van der Waals surface area contributed by atoms with Gasteiger partial charge in [0.15, 0.2) is 0 Å². The number of rotatable bonds is 9. The summed E-state index contributed by atoms with van der Waals surface area (Å²) >= 11 is 0. The standard InChI is InChI=1S/C67H45NO/c1-4-20-46(21-5-1)47-38-40-48(41-39-47)53-26-11-15-34-61(53)68(62-35-16-12-27-55(62)56-31-19-37-64-66(56)58-29-13-17-36-63(58)69-64)52-44-42-49(43-45-52)54-30-18-33-60-65(54)57-28-10-14-32-59(57)67(60,50-22-6-2-7-23-50)51-24-8-3-9-25-51/h1-45H. The molecule has 0 radical (unpaired) electrons. The first kappa shape index (κ1) is 40.3. The van der Waals surface area contributed by atoms with Gasteiger partial charge in [-0.1, -0.05) is 237 Å². The van der Waals surface area contributed by atoms with E-state index in [0.29, 0.717) is 0 Å². The Morgan fingerprint density at radius 2 is 0.754 bits per heavy atom. The zero-order valence-electron chi connectivity index (χ0n) is 37.8. The highest BCUT2D eigenvalue weighted by molar-refractivity contribution is 6.14. The Labute approximate surface area is 402 Å². The Balaban J connectivity index is 1.000. The Bertz CT molecular complexity index is 3780. The minimum absolute atomic E-state index is 0.475. The first-order valence-corrected chi connectivity index (χ1v) is 23.8. The van der Waals surface area contributed by atoms with Crippen LogP contribution in [-0.2, 0) is 5.41 Å². The van der Waals surface area contributed by atoms with Crippen LogP contribution < -0.4 is 4.90 Å². The third kappa shape index (κ3) is 6.56. The van der Waals surface area contributed by atoms with Crippen molar-refractivity contribution in [2.75, 3.05) is 4.90 Å². The van der Waals surface area contributed by atoms with Crippen molar-refractivity contribution in [1.29, 1.82) is 0 Å². The summed E-state index contributed by atoms with van der Waals surface area (Å²) in [4.78, 5) is 2.45. The zero-order valence-corrected chi connectivity index (χ0v) is 37.8. The second-order valence-electron chi connectivity index (χ2n) is 17.9. The van der Waals surface area contributed by atoms with Crippen molar-refractivity contribution in [2.45, 2.75) is 5.41 Å². The fourth-order valence-electron chi connectivity index (χ4n) is 11.2. The zero-order chi connectivity index (χ0) is 45.7. The summed E-state index contributed by atoms with van der Waals surface area (Å²) in [6.45, 7) is 0. The number of hydrogen-bond donors (Lipinski definition) is 0. The van der Waals surface area contributed by atoms with Gasteiger partial charge in [-0.25, -0.2) is 0 Å². The molecule has 12 aromatic rings. The lowest BCUT2D eigenvalue weighted by Crippen LogP contribution is -2.28. The van der Waals surface area contributed by atoms with Crippen molar-refractivity contribution in [3.05, 3.63) is 295 Å². The number of furan rings is 1. The molecule has 0 saturated carbocycles. The third-order valence-corrected chi connectivity index (χ3v) is 14.2. The second-order valence-corrected chi connectivity index (χ2v) is 17.9. The van der Waals surface area contributed by atoms with E-state index in [1.165, 1.54) is 50.1 Å². The van der Waals surface area contributed by atoms with Gasteiger partial charge in [-0.3, -0.25) is 0 Å². The van der Waals surface area contributed by atoms with E-state index < -0.39 is 5.41 Å². The number of benzene rings is 11. The van der Waals surface area contributed by atoms with Gasteiger partial charge in [-0.15, -0.1) is 0 Å². The molecule has 2 heteroatoms. The third-order valence-electron chi connectivity index (χ3n) is 14.2. The van der Waals surface area contributed by atoms with Crippen molar-refractivity contribution >= 4 is 39.0 Å². The molecule has 0 aliphatic heterocycles. The van der Waals surface area contributed by atoms with Crippen LogP contribution in [0.1, 0.15) is 22.3 Å². The van der Waals surface area contributed by atoms with E-state index in [-0.39, 0.29) is 0 Å². The Hall–Kier alpha value is -8.98. The topological polar surface area (TPSA) is 16.4 Å². The lowest BCUT2D eigenvalue weighted by molar-refractivity contribution is 0.669. The average molecular weight is 880 g/mol. The summed E-state index contributed by atoms with van der Waals surface area (Å²) in [5.74, 6) is 0. The van der Waals surface area contributed by atoms with E-state index in [2.05, 4.69) is 272 Å². The van der Waals surface area contributed by atoms with Gasteiger partial charge in [0.2, 0.25) is 0 Å². The van der Waals surface area contributed by atoms with E-state index in [9.17, 15) is 0 Å². The summed E-state index contributed by atoms with van der Waals surface area (Å²) < 4.78 is 6.46. The fraction of sp³-hybridized carbons (Fsp3) is 0.0149. The van der Waals surface area contributed by atoms with Crippen LogP contribution in [0.25, 0.3) is 77.6 Å². The average Bonchev–Trinajstić information content (AvgIpc) is 3.97. The quantitative estimate of drug-likeness (QED) is 0.144. The maximum Gasteiger partial charge on any atom is 0.136 e. The SMILES string of the molecule is c1ccc(-c2ccc(-c3ccccc3N(c3ccc(-c4cccc5c4-c4ccccc4C5(c4ccccc4)c4ccccc4)cc3)c3ccccc3-c3cccc4oc5ccccc5c34)cc2)cc1. The largest absolute Gasteiger partial charge is 0.456 e. The molecule has 69 heavy (non-hydrogen) atoms. The molecule has 0 saturated heterocycles. The minimum Gasteiger partial charge on any atom is -0.456 e. The number of fused-ring (bicyclic) bond motifs is 6. The van der Waals surface area contributed by atoms with E-state index in [4.69, 9.17) is 4.42 Å². The fourth-order valence-corrected chi connectivity index (χ4v) is 11.2. The van der Waals surface area contributed by atoms with Crippen LogP contribution in [0.5, 0.6) is 0 Å². The Morgan fingerprint density at radius 3 is 1.48 bits per heavy atom. The van der Waals surface area contributed by atoms with Crippen LogP contribution in [0, 0.1) is 0 Å². The minimum atomic E-state index is -0.475. The van der Waals surface area contributed by atoms with Crippen LogP contribution in [-0.4, -0.2) is 0 Å². The summed E-state index contributed by atoms with van der Waals surface area (Å²) in [6, 6.07) is 99.2. The number of nitrogens with zero attached hydrogens (tertiary/aromatic N) is 1. The first-order valence-electron chi connectivity index (χ1n) is 23.8. The maximum absolute atomic E-state index is 6.46. The lowest BCUT2D eigenvalue weighted by atomic mass is 9.67. The molecule has 0 bridgehead atoms. The van der Waals surface area contributed by atoms with Gasteiger partial charge in [0, 0.05) is 27.6 Å². The van der Waals surface area contributed by atoms with Crippen LogP contribution >= 0.6 is 0 Å². The highest BCUT2D eigenvalue weighted by atomic mass is 16.3. The van der Waals surface area contributed by atoms with Crippen molar-refractivity contribution in [2.24, 2.45) is 0 Å². The first-order chi connectivity index (χ1) is 34.3. The summed E-state index contributed by atoms with van der Waals surface area (Å²) in [7, 11) is 0. The predicted molar refractivity (Wildman–Crippen MR) is 287 cm³/mol. The van der Waals surface area contributed by atoms with E-state index >= 15 is 0 Å². The summed E-state index contributed by atoms with van der Waals surface area (Å²) in [5.41, 5.74) is 21.4. The Morgan fingerprint density at radius 1 is 0.290 bits per heavy atom. The van der Waals surface area contributed by atoms with Gasteiger partial charge in [-0.2, -0.15) is 0 Å². The van der Waals surface area contributed by atoms with E-state index in [1.807, 2.05) is 6.07 Å². The molecule has 0 spiro atoms. The van der Waals surface area contributed by atoms with Crippen molar-refractivity contribution in [1.82, 2.24) is 0 Å². The van der Waals surface area contributed by atoms with Crippen LogP contribution in [0.15, 0.2) is 277 Å². The van der Waals surface area contributed by atoms with Crippen molar-refractivity contribution in [3.8, 4) is 55.6 Å². The molecule has 0 fully saturated rings. The highest BCUT2D eigenvalue weighted by Gasteiger charge is 2.46. The maximum atomic E-state index is 6.46. The second kappa shape index (κ2) is 16.7. The van der Waals surface area contributed by atoms with Gasteiger partial charge < -0.3 is 9.32 Å². The van der Waals surface area contributed by atoms with Crippen LogP contribution in [0.3, 0.4) is 0 Å². The molecule has 2 nitrogen and oxygen atoms in total. The molecule has 11 aromatic carbocycles. The normalized spacial score (nSPS) is 12.5. The molecule has 1 aliphatic carbocycles. The molecule has 1 aliphatic rings. The van der Waals surface area contributed by atoms with Crippen molar-refractivity contribution < 1.29 is 4.42 Å². The van der Waals surface area contributed by atoms with Gasteiger partial charge in [0.25, 0.3) is 0 Å². The van der Waals surface area contributed by atoms with Crippen LogP contribution in [0.2, 0.25) is 0 Å². The van der Waals surface area contributed by atoms with E-state index in [1.54, 1.807) is 0 Å². The molecule has 1 aromatic heterocycles. The van der Waals surface area contributed by atoms with Gasteiger partial charge in [0.1, 0.15) is 11.2 Å². The van der Waals surface area contributed by atoms with Gasteiger partial charge in [0.05, 0.1) is 16.8 Å². The van der Waals surface area contributed by atoms with Crippen LogP contribution in [0.4, 0.5) is 17.1 Å². The van der Waals surface area contributed by atoms with Crippen molar-refractivity contribution in [3.63, 3.8) is 0 Å². The molecule has 0 unspecified atom stereocenters. The van der Waals surface area contributed by atoms with Gasteiger partial charge >= 0.3 is 0 Å². The number of para-hydroxylation sites is 3. The monoisotopic (exact) mass is 879 g/mol. The molecule has 0 atom stereocenters. The molecule has 0 amide bonds. The summed E-state index contributed by atoms with van der Waals surface area (Å²) in [6.07, 6.45) is 0. The summed E-state index contributed by atoms with van der Waals surface area (Å²) in [5, 5.41) is 2.22. The highest BCUT2D eigenvalue weighted by Crippen LogP contribution is 2.58. The van der Waals surface area contributed by atoms with E-state index in [0.717, 1.165) is 66.8 Å². The number of anilines is 3. The molecule has 324 valence electrons. The van der Waals surface area contributed by atoms with Gasteiger partial charge in [-0.05, 0) is 103 Å². The predicted octanol–water partition coefficient (Wildman–Crippen LogP) is 18.1. The molecule has 0 N–H and O–H groups in total. The Kier molecular flexibility index (Phi) is 9.77. The molecule has 13 rings (SSSR count). The molecule has 1 heterocycles.